The van der Waals surface area contributed by atoms with Crippen LogP contribution in [0.2, 0.25) is 5.02 Å². The molecule has 0 saturated carbocycles. The highest BCUT2D eigenvalue weighted by Gasteiger charge is 2.21. The third-order valence-corrected chi connectivity index (χ3v) is 5.05. The Labute approximate surface area is 120 Å². The molecule has 0 radical (unpaired) electrons. The van der Waals surface area contributed by atoms with Gasteiger partial charge >= 0.3 is 0 Å². The van der Waals surface area contributed by atoms with Gasteiger partial charge in [0.2, 0.25) is 0 Å². The highest BCUT2D eigenvalue weighted by atomic mass is 79.9. The van der Waals surface area contributed by atoms with E-state index < -0.39 is 0 Å². The van der Waals surface area contributed by atoms with Crippen molar-refractivity contribution in [2.75, 3.05) is 6.54 Å². The molecule has 2 heterocycles. The normalized spacial score (nSPS) is 20.5. The van der Waals surface area contributed by atoms with E-state index in [0.29, 0.717) is 6.04 Å². The average molecular weight is 328 g/mol. The Hall–Kier alpha value is -0.510. The lowest BCUT2D eigenvalue weighted by Gasteiger charge is -2.23. The fourth-order valence-electron chi connectivity index (χ4n) is 2.70. The zero-order valence-electron chi connectivity index (χ0n) is 10.3. The number of hydrogen-bond acceptors (Lipinski definition) is 1. The van der Waals surface area contributed by atoms with E-state index in [1.54, 1.807) is 0 Å². The van der Waals surface area contributed by atoms with Crippen LogP contribution in [0.1, 0.15) is 36.6 Å². The Morgan fingerprint density at radius 1 is 1.33 bits per heavy atom. The lowest BCUT2D eigenvalue weighted by molar-refractivity contribution is 0.406. The predicted octanol–water partition coefficient (Wildman–Crippen LogP) is 4.71. The molecule has 2 aromatic rings. The number of piperidine rings is 1. The zero-order chi connectivity index (χ0) is 12.7. The number of rotatable bonds is 1. The number of aromatic nitrogens is 1. The van der Waals surface area contributed by atoms with Gasteiger partial charge in [-0.1, -0.05) is 24.1 Å². The third kappa shape index (κ3) is 1.98. The maximum absolute atomic E-state index is 6.18. The molecule has 18 heavy (non-hydrogen) atoms. The summed E-state index contributed by atoms with van der Waals surface area (Å²) in [6, 6.07) is 4.48. The molecule has 1 atom stereocenters. The first-order valence-electron chi connectivity index (χ1n) is 6.38. The first-order valence-corrected chi connectivity index (χ1v) is 7.55. The number of aromatic amines is 1. The molecule has 1 unspecified atom stereocenters. The first kappa shape index (κ1) is 12.5. The molecule has 4 heteroatoms. The Morgan fingerprint density at radius 3 is 2.89 bits per heavy atom. The van der Waals surface area contributed by atoms with E-state index in [1.165, 1.54) is 34.8 Å². The summed E-state index contributed by atoms with van der Waals surface area (Å²) in [6.07, 6.45) is 3.76. The maximum Gasteiger partial charge on any atom is 0.0512 e. The lowest BCUT2D eigenvalue weighted by Crippen LogP contribution is -2.27. The summed E-state index contributed by atoms with van der Waals surface area (Å²) in [6.45, 7) is 3.16. The van der Waals surface area contributed by atoms with Gasteiger partial charge in [-0.05, 0) is 53.9 Å². The Kier molecular flexibility index (Phi) is 3.39. The molecule has 0 aliphatic carbocycles. The SMILES string of the molecule is Cc1c(Cl)ccc2c(Br)c(C3CCCCN3)[nH]c12. The van der Waals surface area contributed by atoms with Gasteiger partial charge in [-0.25, -0.2) is 0 Å². The van der Waals surface area contributed by atoms with E-state index in [2.05, 4.69) is 39.2 Å². The van der Waals surface area contributed by atoms with Crippen molar-refractivity contribution in [2.45, 2.75) is 32.2 Å². The van der Waals surface area contributed by atoms with Gasteiger partial charge in [0.05, 0.1) is 5.52 Å². The topological polar surface area (TPSA) is 27.8 Å². The molecule has 96 valence electrons. The van der Waals surface area contributed by atoms with Crippen LogP contribution in [0.25, 0.3) is 10.9 Å². The minimum Gasteiger partial charge on any atom is -0.356 e. The van der Waals surface area contributed by atoms with Crippen molar-refractivity contribution in [3.05, 3.63) is 32.9 Å². The highest BCUT2D eigenvalue weighted by molar-refractivity contribution is 9.10. The number of nitrogens with one attached hydrogen (secondary N) is 2. The summed E-state index contributed by atoms with van der Waals surface area (Å²) in [4.78, 5) is 3.55. The molecule has 3 rings (SSSR count). The van der Waals surface area contributed by atoms with Crippen molar-refractivity contribution >= 4 is 38.4 Å². The number of benzene rings is 1. The van der Waals surface area contributed by atoms with E-state index in [0.717, 1.165) is 22.6 Å². The van der Waals surface area contributed by atoms with Gasteiger partial charge in [-0.3, -0.25) is 0 Å². The van der Waals surface area contributed by atoms with Crippen molar-refractivity contribution < 1.29 is 0 Å². The maximum atomic E-state index is 6.18. The van der Waals surface area contributed by atoms with Crippen LogP contribution in [-0.2, 0) is 0 Å². The molecular weight excluding hydrogens is 312 g/mol. The average Bonchev–Trinajstić information content (AvgIpc) is 2.73. The number of aryl methyl sites for hydroxylation is 1. The quantitative estimate of drug-likeness (QED) is 0.780. The third-order valence-electron chi connectivity index (χ3n) is 3.79. The van der Waals surface area contributed by atoms with Gasteiger partial charge in [0.25, 0.3) is 0 Å². The Morgan fingerprint density at radius 2 is 2.17 bits per heavy atom. The summed E-state index contributed by atoms with van der Waals surface area (Å²) in [5.74, 6) is 0. The van der Waals surface area contributed by atoms with Crippen LogP contribution in [0.4, 0.5) is 0 Å². The van der Waals surface area contributed by atoms with Crippen molar-refractivity contribution in [3.63, 3.8) is 0 Å². The van der Waals surface area contributed by atoms with E-state index in [9.17, 15) is 0 Å². The minimum absolute atomic E-state index is 0.429. The van der Waals surface area contributed by atoms with Crippen LogP contribution >= 0.6 is 27.5 Å². The fourth-order valence-corrected chi connectivity index (χ4v) is 3.57. The van der Waals surface area contributed by atoms with E-state index in [-0.39, 0.29) is 0 Å². The molecule has 1 aliphatic heterocycles. The number of hydrogen-bond donors (Lipinski definition) is 2. The predicted molar refractivity (Wildman–Crippen MR) is 80.3 cm³/mol. The fraction of sp³-hybridized carbons (Fsp3) is 0.429. The molecule has 2 nitrogen and oxygen atoms in total. The standard InChI is InChI=1S/C14H16BrClN2/c1-8-10(16)6-5-9-12(15)14(18-13(8)9)11-4-2-3-7-17-11/h5-6,11,17-18H,2-4,7H2,1H3. The van der Waals surface area contributed by atoms with Crippen LogP contribution in [0, 0.1) is 6.92 Å². The highest BCUT2D eigenvalue weighted by Crippen LogP contribution is 2.37. The molecule has 1 saturated heterocycles. The number of fused-ring (bicyclic) bond motifs is 1. The van der Waals surface area contributed by atoms with Crippen molar-refractivity contribution in [1.82, 2.24) is 10.3 Å². The van der Waals surface area contributed by atoms with Crippen LogP contribution in [0.3, 0.4) is 0 Å². The molecular formula is C14H16BrClN2. The molecule has 0 bridgehead atoms. The second kappa shape index (κ2) is 4.87. The van der Waals surface area contributed by atoms with E-state index >= 15 is 0 Å². The van der Waals surface area contributed by atoms with Gasteiger partial charge in [-0.2, -0.15) is 0 Å². The number of H-pyrrole nitrogens is 1. The van der Waals surface area contributed by atoms with Gasteiger partial charge in [-0.15, -0.1) is 0 Å². The van der Waals surface area contributed by atoms with Gasteiger partial charge in [0.1, 0.15) is 0 Å². The smallest absolute Gasteiger partial charge is 0.0512 e. The van der Waals surface area contributed by atoms with Crippen LogP contribution < -0.4 is 5.32 Å². The molecule has 1 fully saturated rings. The molecule has 1 aromatic carbocycles. The summed E-state index contributed by atoms with van der Waals surface area (Å²) in [5.41, 5.74) is 3.53. The monoisotopic (exact) mass is 326 g/mol. The summed E-state index contributed by atoms with van der Waals surface area (Å²) >= 11 is 9.92. The number of halogens is 2. The zero-order valence-corrected chi connectivity index (χ0v) is 12.7. The Balaban J connectivity index is 2.13. The lowest BCUT2D eigenvalue weighted by atomic mass is 10.0. The van der Waals surface area contributed by atoms with Gasteiger partial charge < -0.3 is 10.3 Å². The molecule has 2 N–H and O–H groups in total. The summed E-state index contributed by atoms with van der Waals surface area (Å²) in [7, 11) is 0. The largest absolute Gasteiger partial charge is 0.356 e. The van der Waals surface area contributed by atoms with Crippen molar-refractivity contribution in [2.24, 2.45) is 0 Å². The Bertz CT molecular complexity index is 585. The van der Waals surface area contributed by atoms with Crippen molar-refractivity contribution in [1.29, 1.82) is 0 Å². The molecule has 0 spiro atoms. The van der Waals surface area contributed by atoms with E-state index in [1.807, 2.05) is 6.07 Å². The molecule has 1 aliphatic rings. The minimum atomic E-state index is 0.429. The van der Waals surface area contributed by atoms with Crippen LogP contribution in [0.5, 0.6) is 0 Å². The second-order valence-corrected chi connectivity index (χ2v) is 6.15. The van der Waals surface area contributed by atoms with Gasteiger partial charge in [0, 0.05) is 26.6 Å². The van der Waals surface area contributed by atoms with E-state index in [4.69, 9.17) is 11.6 Å². The second-order valence-electron chi connectivity index (χ2n) is 4.95. The summed E-state index contributed by atoms with van der Waals surface area (Å²) in [5, 5.41) is 5.62. The van der Waals surface area contributed by atoms with Crippen molar-refractivity contribution in [3.8, 4) is 0 Å². The van der Waals surface area contributed by atoms with Gasteiger partial charge in [0.15, 0.2) is 0 Å². The molecule has 1 aromatic heterocycles. The van der Waals surface area contributed by atoms with Crippen LogP contribution in [0.15, 0.2) is 16.6 Å². The molecule has 0 amide bonds. The first-order chi connectivity index (χ1) is 8.68. The summed E-state index contributed by atoms with van der Waals surface area (Å²) < 4.78 is 1.18. The van der Waals surface area contributed by atoms with Crippen LogP contribution in [-0.4, -0.2) is 11.5 Å².